The Morgan fingerprint density at radius 2 is 1.73 bits per heavy atom. The van der Waals surface area contributed by atoms with E-state index in [0.29, 0.717) is 32.7 Å². The maximum Gasteiger partial charge on any atom is 0.257 e. The Balaban J connectivity index is 1.97. The van der Waals surface area contributed by atoms with E-state index in [0.717, 1.165) is 12.1 Å². The summed E-state index contributed by atoms with van der Waals surface area (Å²) in [6.45, 7) is 9.47. The standard InChI is InChI=1S/C21H28F2N4O3/c1-4-8-24-17(28)13-26-9-11-27(12-10-26)21(30)19(14(2)3)25-20(29)18-15(22)6-5-7-16(18)23/h4-7,14,19H,1,8-13H2,2-3H3,(H,24,28)(H,25,29). The van der Waals surface area contributed by atoms with E-state index in [1.807, 2.05) is 4.90 Å². The molecule has 1 aromatic carbocycles. The van der Waals surface area contributed by atoms with E-state index < -0.39 is 29.1 Å². The van der Waals surface area contributed by atoms with Crippen LogP contribution >= 0.6 is 0 Å². The number of piperazine rings is 1. The molecule has 2 rings (SSSR count). The Morgan fingerprint density at radius 1 is 1.13 bits per heavy atom. The van der Waals surface area contributed by atoms with Crippen molar-refractivity contribution < 1.29 is 23.2 Å². The normalized spacial score (nSPS) is 15.6. The summed E-state index contributed by atoms with van der Waals surface area (Å²) in [4.78, 5) is 40.7. The third-order valence-electron chi connectivity index (χ3n) is 4.90. The third-order valence-corrected chi connectivity index (χ3v) is 4.90. The minimum atomic E-state index is -0.981. The monoisotopic (exact) mass is 422 g/mol. The highest BCUT2D eigenvalue weighted by Gasteiger charge is 2.32. The number of benzene rings is 1. The zero-order valence-corrected chi connectivity index (χ0v) is 17.3. The van der Waals surface area contributed by atoms with Gasteiger partial charge in [-0.05, 0) is 18.1 Å². The van der Waals surface area contributed by atoms with Crippen LogP contribution in [0.15, 0.2) is 30.9 Å². The Bertz CT molecular complexity index is 772. The number of hydrogen-bond donors (Lipinski definition) is 2. The van der Waals surface area contributed by atoms with Crippen molar-refractivity contribution in [2.75, 3.05) is 39.3 Å². The number of carbonyl (C=O) groups is 3. The second-order valence-corrected chi connectivity index (χ2v) is 7.49. The molecule has 1 aromatic rings. The van der Waals surface area contributed by atoms with E-state index >= 15 is 0 Å². The summed E-state index contributed by atoms with van der Waals surface area (Å²) in [6.07, 6.45) is 1.60. The lowest BCUT2D eigenvalue weighted by atomic mass is 10.0. The molecule has 3 amide bonds. The summed E-state index contributed by atoms with van der Waals surface area (Å²) in [5, 5.41) is 5.19. The second-order valence-electron chi connectivity index (χ2n) is 7.49. The fourth-order valence-corrected chi connectivity index (χ4v) is 3.21. The highest BCUT2D eigenvalue weighted by Crippen LogP contribution is 2.15. The molecular weight excluding hydrogens is 394 g/mol. The van der Waals surface area contributed by atoms with Crippen LogP contribution in [0.3, 0.4) is 0 Å². The highest BCUT2D eigenvalue weighted by atomic mass is 19.1. The van der Waals surface area contributed by atoms with Crippen LogP contribution in [0.1, 0.15) is 24.2 Å². The van der Waals surface area contributed by atoms with Crippen LogP contribution in [0.4, 0.5) is 8.78 Å². The van der Waals surface area contributed by atoms with Crippen molar-refractivity contribution in [2.45, 2.75) is 19.9 Å². The number of rotatable bonds is 8. The van der Waals surface area contributed by atoms with Crippen LogP contribution in [0.25, 0.3) is 0 Å². The maximum absolute atomic E-state index is 13.9. The maximum atomic E-state index is 13.9. The molecule has 164 valence electrons. The Labute approximate surface area is 175 Å². The smallest absolute Gasteiger partial charge is 0.257 e. The number of halogens is 2. The highest BCUT2D eigenvalue weighted by molar-refractivity contribution is 5.98. The molecule has 30 heavy (non-hydrogen) atoms. The van der Waals surface area contributed by atoms with E-state index in [4.69, 9.17) is 0 Å². The lowest BCUT2D eigenvalue weighted by molar-refractivity contribution is -0.136. The van der Waals surface area contributed by atoms with Crippen molar-refractivity contribution in [3.05, 3.63) is 48.1 Å². The summed E-state index contributed by atoms with van der Waals surface area (Å²) in [5.41, 5.74) is -0.702. The third kappa shape index (κ3) is 6.09. The lowest BCUT2D eigenvalue weighted by Gasteiger charge is -2.37. The molecule has 0 saturated carbocycles. The van der Waals surface area contributed by atoms with Crippen LogP contribution in [-0.4, -0.2) is 72.8 Å². The lowest BCUT2D eigenvalue weighted by Crippen LogP contribution is -2.57. The molecule has 1 fully saturated rings. The molecule has 0 bridgehead atoms. The van der Waals surface area contributed by atoms with E-state index in [1.54, 1.807) is 24.8 Å². The van der Waals surface area contributed by atoms with Crippen molar-refractivity contribution in [3.8, 4) is 0 Å². The van der Waals surface area contributed by atoms with Crippen LogP contribution in [-0.2, 0) is 9.59 Å². The molecular formula is C21H28F2N4O3. The van der Waals surface area contributed by atoms with Crippen LogP contribution < -0.4 is 10.6 Å². The average Bonchev–Trinajstić information content (AvgIpc) is 2.70. The molecule has 1 aliphatic heterocycles. The van der Waals surface area contributed by atoms with Gasteiger partial charge in [0.25, 0.3) is 5.91 Å². The van der Waals surface area contributed by atoms with Gasteiger partial charge in [0.05, 0.1) is 6.54 Å². The summed E-state index contributed by atoms with van der Waals surface area (Å²) in [7, 11) is 0. The Hall–Kier alpha value is -2.81. The van der Waals surface area contributed by atoms with Gasteiger partial charge in [-0.25, -0.2) is 8.78 Å². The van der Waals surface area contributed by atoms with E-state index in [-0.39, 0.29) is 24.3 Å². The van der Waals surface area contributed by atoms with Gasteiger partial charge >= 0.3 is 0 Å². The van der Waals surface area contributed by atoms with Gasteiger partial charge in [0.2, 0.25) is 11.8 Å². The molecule has 0 radical (unpaired) electrons. The molecule has 1 heterocycles. The summed E-state index contributed by atoms with van der Waals surface area (Å²) in [6, 6.07) is 2.24. The minimum Gasteiger partial charge on any atom is -0.352 e. The summed E-state index contributed by atoms with van der Waals surface area (Å²) in [5.74, 6) is -3.63. The molecule has 2 N–H and O–H groups in total. The molecule has 0 aliphatic carbocycles. The van der Waals surface area contributed by atoms with Gasteiger partial charge in [-0.1, -0.05) is 26.0 Å². The quantitative estimate of drug-likeness (QED) is 0.617. The minimum absolute atomic E-state index is 0.117. The Kier molecular flexibility index (Phi) is 8.46. The first-order valence-electron chi connectivity index (χ1n) is 9.88. The van der Waals surface area contributed by atoms with Crippen molar-refractivity contribution in [1.82, 2.24) is 20.4 Å². The molecule has 1 saturated heterocycles. The van der Waals surface area contributed by atoms with Crippen molar-refractivity contribution in [1.29, 1.82) is 0 Å². The molecule has 0 spiro atoms. The zero-order chi connectivity index (χ0) is 22.3. The number of nitrogens with zero attached hydrogens (tertiary/aromatic N) is 2. The van der Waals surface area contributed by atoms with Gasteiger partial charge in [0, 0.05) is 32.7 Å². The van der Waals surface area contributed by atoms with Gasteiger partial charge in [-0.2, -0.15) is 0 Å². The molecule has 0 aromatic heterocycles. The van der Waals surface area contributed by atoms with Gasteiger partial charge in [0.15, 0.2) is 0 Å². The van der Waals surface area contributed by atoms with Gasteiger partial charge in [-0.3, -0.25) is 19.3 Å². The van der Waals surface area contributed by atoms with E-state index in [2.05, 4.69) is 17.2 Å². The second kappa shape index (κ2) is 10.8. The summed E-state index contributed by atoms with van der Waals surface area (Å²) >= 11 is 0. The molecule has 1 unspecified atom stereocenters. The van der Waals surface area contributed by atoms with E-state index in [9.17, 15) is 23.2 Å². The van der Waals surface area contributed by atoms with Crippen LogP contribution in [0, 0.1) is 17.6 Å². The van der Waals surface area contributed by atoms with Crippen molar-refractivity contribution in [3.63, 3.8) is 0 Å². The fraction of sp³-hybridized carbons (Fsp3) is 0.476. The Morgan fingerprint density at radius 3 is 2.27 bits per heavy atom. The fourth-order valence-electron chi connectivity index (χ4n) is 3.21. The molecule has 1 aliphatic rings. The number of hydrogen-bond acceptors (Lipinski definition) is 4. The number of carbonyl (C=O) groups excluding carboxylic acids is 3. The van der Waals surface area contributed by atoms with Crippen LogP contribution in [0.5, 0.6) is 0 Å². The first-order chi connectivity index (χ1) is 14.2. The SMILES string of the molecule is C=CCNC(=O)CN1CCN(C(=O)C(NC(=O)c2c(F)cccc2F)C(C)C)CC1. The molecule has 7 nitrogen and oxygen atoms in total. The molecule has 9 heteroatoms. The van der Waals surface area contributed by atoms with Crippen molar-refractivity contribution in [2.24, 2.45) is 5.92 Å². The predicted octanol–water partition coefficient (Wildman–Crippen LogP) is 1.17. The number of nitrogens with one attached hydrogen (secondary N) is 2. The van der Waals surface area contributed by atoms with E-state index in [1.165, 1.54) is 6.07 Å². The van der Waals surface area contributed by atoms with Gasteiger partial charge < -0.3 is 15.5 Å². The first kappa shape index (κ1) is 23.5. The number of amides is 3. The van der Waals surface area contributed by atoms with Gasteiger partial charge in [-0.15, -0.1) is 6.58 Å². The largest absolute Gasteiger partial charge is 0.352 e. The average molecular weight is 422 g/mol. The first-order valence-corrected chi connectivity index (χ1v) is 9.88. The van der Waals surface area contributed by atoms with Crippen molar-refractivity contribution >= 4 is 17.7 Å². The molecule has 1 atom stereocenters. The van der Waals surface area contributed by atoms with Gasteiger partial charge in [0.1, 0.15) is 23.2 Å². The zero-order valence-electron chi connectivity index (χ0n) is 17.3. The summed E-state index contributed by atoms with van der Waals surface area (Å²) < 4.78 is 27.8. The predicted molar refractivity (Wildman–Crippen MR) is 109 cm³/mol. The van der Waals surface area contributed by atoms with Crippen LogP contribution in [0.2, 0.25) is 0 Å². The topological polar surface area (TPSA) is 81.8 Å².